The van der Waals surface area contributed by atoms with Crippen molar-refractivity contribution in [3.63, 3.8) is 0 Å². The molecule has 1 aromatic carbocycles. The van der Waals surface area contributed by atoms with E-state index in [0.29, 0.717) is 23.5 Å². The lowest BCUT2D eigenvalue weighted by molar-refractivity contribution is -0.115. The number of anilines is 4. The van der Waals surface area contributed by atoms with E-state index in [-0.39, 0.29) is 15.2 Å². The minimum Gasteiger partial charge on any atom is -0.371 e. The summed E-state index contributed by atoms with van der Waals surface area (Å²) in [5.74, 6) is -0.161. The van der Waals surface area contributed by atoms with Crippen LogP contribution in [0.5, 0.6) is 0 Å². The van der Waals surface area contributed by atoms with Gasteiger partial charge in [-0.3, -0.25) is 9.69 Å². The zero-order chi connectivity index (χ0) is 24.3. The van der Waals surface area contributed by atoms with Gasteiger partial charge in [0.05, 0.1) is 17.1 Å². The standard InChI is InChI=1S/C21H30N6O4S2/c1-6-18(28)23-17-13-15(27-11-7-8-12-27)9-10-16(17)24-20(29)26(5)21-22-14(2)19(32-21)33(30,31)25(3)4/h9-10,13H,6-8,11-12H2,1-5H3,(H,23,28)(H,24,29). The van der Waals surface area contributed by atoms with Crippen LogP contribution in [0, 0.1) is 6.92 Å². The van der Waals surface area contributed by atoms with Crippen LogP contribution in [0.25, 0.3) is 0 Å². The second-order valence-electron chi connectivity index (χ2n) is 7.97. The number of rotatable bonds is 7. The van der Waals surface area contributed by atoms with Crippen LogP contribution >= 0.6 is 11.3 Å². The first-order valence-electron chi connectivity index (χ1n) is 10.7. The first-order valence-corrected chi connectivity index (χ1v) is 12.9. The molecule has 2 aromatic rings. The summed E-state index contributed by atoms with van der Waals surface area (Å²) in [7, 11) is 0.748. The number of hydrogen-bond donors (Lipinski definition) is 2. The molecule has 2 N–H and O–H groups in total. The summed E-state index contributed by atoms with van der Waals surface area (Å²) in [6.07, 6.45) is 2.56. The Morgan fingerprint density at radius 2 is 1.79 bits per heavy atom. The number of carbonyl (C=O) groups is 2. The summed E-state index contributed by atoms with van der Waals surface area (Å²) < 4.78 is 26.2. The Hall–Kier alpha value is -2.70. The molecule has 33 heavy (non-hydrogen) atoms. The number of aryl methyl sites for hydroxylation is 1. The fraction of sp³-hybridized carbons (Fsp3) is 0.476. The third-order valence-corrected chi connectivity index (χ3v) is 9.00. The average Bonchev–Trinajstić information content (AvgIpc) is 3.44. The van der Waals surface area contributed by atoms with Gasteiger partial charge in [0.2, 0.25) is 5.91 Å². The minimum atomic E-state index is -3.66. The van der Waals surface area contributed by atoms with Gasteiger partial charge in [-0.15, -0.1) is 0 Å². The van der Waals surface area contributed by atoms with Crippen molar-refractivity contribution in [1.82, 2.24) is 9.29 Å². The van der Waals surface area contributed by atoms with Crippen molar-refractivity contribution in [2.75, 3.05) is 54.7 Å². The van der Waals surface area contributed by atoms with E-state index < -0.39 is 16.1 Å². The highest BCUT2D eigenvalue weighted by Gasteiger charge is 2.27. The fourth-order valence-electron chi connectivity index (χ4n) is 3.36. The molecule has 10 nitrogen and oxygen atoms in total. The fourth-order valence-corrected chi connectivity index (χ4v) is 5.96. The van der Waals surface area contributed by atoms with Gasteiger partial charge in [-0.05, 0) is 38.0 Å². The van der Waals surface area contributed by atoms with Crippen molar-refractivity contribution >= 4 is 55.5 Å². The van der Waals surface area contributed by atoms with Gasteiger partial charge in [-0.1, -0.05) is 18.3 Å². The van der Waals surface area contributed by atoms with Crippen LogP contribution < -0.4 is 20.4 Å². The molecule has 1 aliphatic rings. The molecule has 1 fully saturated rings. The molecule has 1 saturated heterocycles. The topological polar surface area (TPSA) is 115 Å². The Morgan fingerprint density at radius 3 is 2.39 bits per heavy atom. The molecule has 3 rings (SSSR count). The van der Waals surface area contributed by atoms with Gasteiger partial charge in [-0.2, -0.15) is 0 Å². The molecule has 0 spiro atoms. The Morgan fingerprint density at radius 1 is 1.12 bits per heavy atom. The Kier molecular flexibility index (Phi) is 7.60. The van der Waals surface area contributed by atoms with Gasteiger partial charge in [0, 0.05) is 46.3 Å². The summed E-state index contributed by atoms with van der Waals surface area (Å²) in [6.45, 7) is 5.27. The highest BCUT2D eigenvalue weighted by molar-refractivity contribution is 7.91. The lowest BCUT2D eigenvalue weighted by Gasteiger charge is -2.21. The molecular weight excluding hydrogens is 464 g/mol. The smallest absolute Gasteiger partial charge is 0.327 e. The molecule has 3 amide bonds. The van der Waals surface area contributed by atoms with Gasteiger partial charge in [-0.25, -0.2) is 22.5 Å². The lowest BCUT2D eigenvalue weighted by atomic mass is 10.2. The monoisotopic (exact) mass is 494 g/mol. The minimum absolute atomic E-state index is 0.0908. The van der Waals surface area contributed by atoms with Crippen LogP contribution in [0.1, 0.15) is 31.9 Å². The van der Waals surface area contributed by atoms with Crippen LogP contribution in [-0.4, -0.2) is 63.9 Å². The number of urea groups is 1. The molecule has 0 aliphatic carbocycles. The number of carbonyl (C=O) groups excluding carboxylic acids is 2. The maximum absolute atomic E-state index is 13.0. The number of aromatic nitrogens is 1. The quantitative estimate of drug-likeness (QED) is 0.610. The number of nitrogens with one attached hydrogen (secondary N) is 2. The normalized spacial score (nSPS) is 13.9. The maximum Gasteiger partial charge on any atom is 0.327 e. The molecule has 0 radical (unpaired) electrons. The molecule has 12 heteroatoms. The zero-order valence-corrected chi connectivity index (χ0v) is 21.1. The van der Waals surface area contributed by atoms with E-state index in [1.165, 1.54) is 26.0 Å². The van der Waals surface area contributed by atoms with Crippen LogP contribution in [-0.2, 0) is 14.8 Å². The second-order valence-corrected chi connectivity index (χ2v) is 11.3. The van der Waals surface area contributed by atoms with E-state index in [2.05, 4.69) is 20.5 Å². The molecule has 1 aromatic heterocycles. The van der Waals surface area contributed by atoms with Gasteiger partial charge >= 0.3 is 6.03 Å². The van der Waals surface area contributed by atoms with Crippen LogP contribution in [0.2, 0.25) is 0 Å². The van der Waals surface area contributed by atoms with Gasteiger partial charge in [0.1, 0.15) is 0 Å². The van der Waals surface area contributed by atoms with Crippen molar-refractivity contribution < 1.29 is 18.0 Å². The van der Waals surface area contributed by atoms with Crippen molar-refractivity contribution in [2.24, 2.45) is 0 Å². The van der Waals surface area contributed by atoms with E-state index in [4.69, 9.17) is 0 Å². The number of thiazole rings is 1. The molecule has 180 valence electrons. The number of sulfonamides is 1. The first-order chi connectivity index (χ1) is 15.5. The van der Waals surface area contributed by atoms with Crippen molar-refractivity contribution in [1.29, 1.82) is 0 Å². The summed E-state index contributed by atoms with van der Waals surface area (Å²) in [6, 6.07) is 5.04. The predicted octanol–water partition coefficient (Wildman–Crippen LogP) is 3.32. The number of nitrogens with zero attached hydrogens (tertiary/aromatic N) is 4. The second kappa shape index (κ2) is 10.1. The van der Waals surface area contributed by atoms with E-state index in [1.807, 2.05) is 12.1 Å². The number of amides is 3. The van der Waals surface area contributed by atoms with E-state index in [1.54, 1.807) is 19.9 Å². The summed E-state index contributed by atoms with van der Waals surface area (Å²) in [4.78, 5) is 32.8. The predicted molar refractivity (Wildman–Crippen MR) is 132 cm³/mol. The molecule has 0 bridgehead atoms. The van der Waals surface area contributed by atoms with E-state index >= 15 is 0 Å². The van der Waals surface area contributed by atoms with Crippen molar-refractivity contribution in [3.05, 3.63) is 23.9 Å². The van der Waals surface area contributed by atoms with Crippen LogP contribution in [0.4, 0.5) is 27.0 Å². The van der Waals surface area contributed by atoms with E-state index in [0.717, 1.165) is 47.3 Å². The molecule has 0 saturated carbocycles. The molecule has 0 unspecified atom stereocenters. The molecule has 2 heterocycles. The third kappa shape index (κ3) is 5.45. The first kappa shape index (κ1) is 24.9. The summed E-state index contributed by atoms with van der Waals surface area (Å²) in [5.41, 5.74) is 2.28. The largest absolute Gasteiger partial charge is 0.371 e. The van der Waals surface area contributed by atoms with Crippen molar-refractivity contribution in [2.45, 2.75) is 37.3 Å². The summed E-state index contributed by atoms with van der Waals surface area (Å²) >= 11 is 0.927. The van der Waals surface area contributed by atoms with Gasteiger partial charge in [0.15, 0.2) is 9.34 Å². The van der Waals surface area contributed by atoms with Crippen molar-refractivity contribution in [3.8, 4) is 0 Å². The third-order valence-electron chi connectivity index (χ3n) is 5.36. The number of hydrogen-bond acceptors (Lipinski definition) is 7. The maximum atomic E-state index is 13.0. The Bertz CT molecular complexity index is 1140. The van der Waals surface area contributed by atoms with Gasteiger partial charge < -0.3 is 15.5 Å². The van der Waals surface area contributed by atoms with Crippen LogP contribution in [0.3, 0.4) is 0 Å². The summed E-state index contributed by atoms with van der Waals surface area (Å²) in [5, 5.41) is 5.91. The molecule has 0 atom stereocenters. The van der Waals surface area contributed by atoms with Crippen LogP contribution in [0.15, 0.2) is 22.4 Å². The van der Waals surface area contributed by atoms with Gasteiger partial charge in [0.25, 0.3) is 10.0 Å². The highest BCUT2D eigenvalue weighted by atomic mass is 32.2. The highest BCUT2D eigenvalue weighted by Crippen LogP contribution is 2.33. The number of benzene rings is 1. The molecule has 1 aliphatic heterocycles. The molecular formula is C21H30N6O4S2. The lowest BCUT2D eigenvalue weighted by Crippen LogP contribution is -2.31. The Balaban J connectivity index is 1.85. The average molecular weight is 495 g/mol. The zero-order valence-electron chi connectivity index (χ0n) is 19.5. The SMILES string of the molecule is CCC(=O)Nc1cc(N2CCCC2)ccc1NC(=O)N(C)c1nc(C)c(S(=O)(=O)N(C)C)s1. The Labute approximate surface area is 198 Å². The van der Waals surface area contributed by atoms with E-state index in [9.17, 15) is 18.0 Å².